The van der Waals surface area contributed by atoms with E-state index in [0.29, 0.717) is 27.7 Å². The number of nitrogens with one attached hydrogen (secondary N) is 3. The zero-order valence-electron chi connectivity index (χ0n) is 16.1. The van der Waals surface area contributed by atoms with Gasteiger partial charge in [-0.15, -0.1) is 0 Å². The zero-order chi connectivity index (χ0) is 20.9. The predicted molar refractivity (Wildman–Crippen MR) is 123 cm³/mol. The lowest BCUT2D eigenvalue weighted by Crippen LogP contribution is -2.36. The summed E-state index contributed by atoms with van der Waals surface area (Å²) in [5.74, 6) is 1.08. The minimum absolute atomic E-state index is 0.176. The number of anilines is 2. The van der Waals surface area contributed by atoms with E-state index in [1.807, 2.05) is 66.7 Å². The molecule has 0 amide bonds. The molecule has 0 fully saturated rings. The molecule has 0 radical (unpaired) electrons. The number of benzene rings is 3. The average Bonchev–Trinajstić information content (AvgIpc) is 2.79. The number of aromatic nitrogens is 2. The van der Waals surface area contributed by atoms with E-state index < -0.39 is 0 Å². The van der Waals surface area contributed by atoms with Crippen LogP contribution in [-0.2, 0) is 0 Å². The fraction of sp³-hybridized carbons (Fsp3) is 0.0455. The summed E-state index contributed by atoms with van der Waals surface area (Å²) < 4.78 is 6.66. The third-order valence-electron chi connectivity index (χ3n) is 4.43. The molecule has 30 heavy (non-hydrogen) atoms. The van der Waals surface area contributed by atoms with E-state index >= 15 is 0 Å². The molecule has 0 saturated heterocycles. The highest BCUT2D eigenvalue weighted by molar-refractivity contribution is 7.80. The summed E-state index contributed by atoms with van der Waals surface area (Å²) in [6.45, 7) is 0. The second-order valence-corrected chi connectivity index (χ2v) is 6.77. The maximum absolute atomic E-state index is 13.1. The van der Waals surface area contributed by atoms with Crippen LogP contribution in [0, 0.1) is 0 Å². The molecule has 0 bridgehead atoms. The van der Waals surface area contributed by atoms with Crippen molar-refractivity contribution in [1.29, 1.82) is 0 Å². The number of hydrogen-bond acceptors (Lipinski definition) is 5. The van der Waals surface area contributed by atoms with Crippen LogP contribution in [0.5, 0.6) is 5.75 Å². The number of rotatable bonds is 5. The smallest absolute Gasteiger partial charge is 0.267 e. The Morgan fingerprint density at radius 2 is 1.67 bits per heavy atom. The van der Waals surface area contributed by atoms with E-state index in [-0.39, 0.29) is 5.56 Å². The first-order valence-electron chi connectivity index (χ1n) is 9.20. The van der Waals surface area contributed by atoms with Crippen molar-refractivity contribution in [2.75, 3.05) is 17.9 Å². The fourth-order valence-electron chi connectivity index (χ4n) is 2.98. The number of thiocarbonyl (C=S) groups is 1. The van der Waals surface area contributed by atoms with E-state index in [9.17, 15) is 4.79 Å². The van der Waals surface area contributed by atoms with Gasteiger partial charge in [0.1, 0.15) is 5.75 Å². The molecule has 0 aliphatic heterocycles. The van der Waals surface area contributed by atoms with Gasteiger partial charge in [-0.25, -0.2) is 9.55 Å². The molecular weight excluding hydrogens is 398 g/mol. The lowest BCUT2D eigenvalue weighted by atomic mass is 10.2. The normalized spacial score (nSPS) is 10.4. The van der Waals surface area contributed by atoms with Gasteiger partial charge in [0.15, 0.2) is 5.11 Å². The van der Waals surface area contributed by atoms with Crippen molar-refractivity contribution in [3.8, 4) is 11.4 Å². The third-order valence-corrected chi connectivity index (χ3v) is 4.63. The molecular formula is C22H19N5O2S. The molecule has 4 rings (SSSR count). The van der Waals surface area contributed by atoms with Gasteiger partial charge in [-0.05, 0) is 60.7 Å². The summed E-state index contributed by atoms with van der Waals surface area (Å²) in [6.07, 6.45) is 0. The fourth-order valence-corrected chi connectivity index (χ4v) is 3.15. The van der Waals surface area contributed by atoms with Crippen molar-refractivity contribution < 1.29 is 4.74 Å². The molecule has 1 aromatic heterocycles. The van der Waals surface area contributed by atoms with Crippen LogP contribution in [0.2, 0.25) is 0 Å². The largest absolute Gasteiger partial charge is 0.497 e. The Kier molecular flexibility index (Phi) is 5.58. The van der Waals surface area contributed by atoms with Crippen LogP contribution >= 0.6 is 12.2 Å². The third kappa shape index (κ3) is 4.08. The van der Waals surface area contributed by atoms with Crippen LogP contribution in [0.1, 0.15) is 0 Å². The minimum atomic E-state index is -0.176. The van der Waals surface area contributed by atoms with Crippen molar-refractivity contribution >= 4 is 39.9 Å². The van der Waals surface area contributed by atoms with Gasteiger partial charge in [0.25, 0.3) is 5.56 Å². The van der Waals surface area contributed by atoms with Gasteiger partial charge in [0.05, 0.1) is 23.7 Å². The van der Waals surface area contributed by atoms with Gasteiger partial charge in [-0.1, -0.05) is 30.3 Å². The monoisotopic (exact) mass is 417 g/mol. The maximum Gasteiger partial charge on any atom is 0.267 e. The molecule has 0 unspecified atom stereocenters. The van der Waals surface area contributed by atoms with E-state index in [4.69, 9.17) is 17.0 Å². The number of para-hydroxylation sites is 2. The van der Waals surface area contributed by atoms with Crippen molar-refractivity contribution in [3.05, 3.63) is 89.2 Å². The van der Waals surface area contributed by atoms with Crippen molar-refractivity contribution in [2.24, 2.45) is 0 Å². The molecule has 8 heteroatoms. The second kappa shape index (κ2) is 8.62. The van der Waals surface area contributed by atoms with Gasteiger partial charge in [-0.3, -0.25) is 15.6 Å². The Labute approximate surface area is 178 Å². The zero-order valence-corrected chi connectivity index (χ0v) is 16.9. The van der Waals surface area contributed by atoms with Gasteiger partial charge >= 0.3 is 0 Å². The van der Waals surface area contributed by atoms with Gasteiger partial charge in [-0.2, -0.15) is 0 Å². The number of hydrogen-bond donors (Lipinski definition) is 3. The molecule has 0 spiro atoms. The topological polar surface area (TPSA) is 80.2 Å². The van der Waals surface area contributed by atoms with Crippen LogP contribution in [-0.4, -0.2) is 21.8 Å². The summed E-state index contributed by atoms with van der Waals surface area (Å²) in [4.78, 5) is 17.7. The molecule has 3 N–H and O–H groups in total. The van der Waals surface area contributed by atoms with Crippen molar-refractivity contribution in [3.63, 3.8) is 0 Å². The lowest BCUT2D eigenvalue weighted by molar-refractivity contribution is 0.415. The standard InChI is InChI=1S/C22H19N5O2S/c1-29-17-13-11-15(12-14-17)23-22(30)26-25-21-24-19-10-6-5-9-18(19)20(28)27(21)16-7-3-2-4-8-16/h2-14H,1H3,(H,24,25)(H2,23,26,30). The SMILES string of the molecule is COc1ccc(NC(=S)NNc2nc3ccccc3c(=O)n2-c2ccccc2)cc1. The second-order valence-electron chi connectivity index (χ2n) is 6.36. The highest BCUT2D eigenvalue weighted by Gasteiger charge is 2.12. The van der Waals surface area contributed by atoms with Gasteiger partial charge in [0.2, 0.25) is 5.95 Å². The molecule has 1 heterocycles. The Morgan fingerprint density at radius 1 is 0.967 bits per heavy atom. The van der Waals surface area contributed by atoms with Crippen LogP contribution in [0.15, 0.2) is 83.7 Å². The quantitative estimate of drug-likeness (QED) is 0.337. The number of ether oxygens (including phenoxy) is 1. The molecule has 0 aliphatic carbocycles. The first kappa shape index (κ1) is 19.4. The number of fused-ring (bicyclic) bond motifs is 1. The van der Waals surface area contributed by atoms with Crippen LogP contribution in [0.25, 0.3) is 16.6 Å². The highest BCUT2D eigenvalue weighted by atomic mass is 32.1. The number of methoxy groups -OCH3 is 1. The number of hydrazine groups is 1. The average molecular weight is 417 g/mol. The molecule has 7 nitrogen and oxygen atoms in total. The van der Waals surface area contributed by atoms with Gasteiger partial charge < -0.3 is 10.1 Å². The summed E-state index contributed by atoms with van der Waals surface area (Å²) in [7, 11) is 1.61. The Hall–Kier alpha value is -3.91. The molecule has 0 atom stereocenters. The Balaban J connectivity index is 1.61. The Bertz CT molecular complexity index is 1240. The molecule has 4 aromatic rings. The van der Waals surface area contributed by atoms with E-state index in [1.165, 1.54) is 4.57 Å². The van der Waals surface area contributed by atoms with E-state index in [1.54, 1.807) is 19.2 Å². The minimum Gasteiger partial charge on any atom is -0.497 e. The van der Waals surface area contributed by atoms with Crippen LogP contribution in [0.4, 0.5) is 11.6 Å². The molecule has 0 aliphatic rings. The van der Waals surface area contributed by atoms with E-state index in [2.05, 4.69) is 21.2 Å². The molecule has 3 aromatic carbocycles. The van der Waals surface area contributed by atoms with Crippen molar-refractivity contribution in [1.82, 2.24) is 15.0 Å². The number of nitrogens with zero attached hydrogens (tertiary/aromatic N) is 2. The first-order valence-corrected chi connectivity index (χ1v) is 9.61. The summed E-state index contributed by atoms with van der Waals surface area (Å²) in [5, 5.41) is 3.92. The van der Waals surface area contributed by atoms with Crippen LogP contribution in [0.3, 0.4) is 0 Å². The Morgan fingerprint density at radius 3 is 2.40 bits per heavy atom. The molecule has 150 valence electrons. The van der Waals surface area contributed by atoms with Gasteiger partial charge in [0, 0.05) is 5.69 Å². The highest BCUT2D eigenvalue weighted by Crippen LogP contribution is 2.16. The summed E-state index contributed by atoms with van der Waals surface area (Å²) >= 11 is 5.35. The molecule has 0 saturated carbocycles. The van der Waals surface area contributed by atoms with Crippen LogP contribution < -0.4 is 26.5 Å². The maximum atomic E-state index is 13.1. The summed E-state index contributed by atoms with van der Waals surface area (Å²) in [5.41, 5.74) is 7.76. The van der Waals surface area contributed by atoms with E-state index in [0.717, 1.165) is 11.4 Å². The predicted octanol–water partition coefficient (Wildman–Crippen LogP) is 3.71. The van der Waals surface area contributed by atoms with Crippen molar-refractivity contribution in [2.45, 2.75) is 0 Å². The lowest BCUT2D eigenvalue weighted by Gasteiger charge is -2.17. The summed E-state index contributed by atoms with van der Waals surface area (Å²) in [6, 6.07) is 23.9. The first-order chi connectivity index (χ1) is 14.7.